The van der Waals surface area contributed by atoms with Crippen molar-refractivity contribution in [3.63, 3.8) is 0 Å². The number of hydrogen-bond acceptors (Lipinski definition) is 1. The number of rotatable bonds is 0. The van der Waals surface area contributed by atoms with Gasteiger partial charge in [-0.1, -0.05) is 24.3 Å². The van der Waals surface area contributed by atoms with E-state index in [9.17, 15) is 0 Å². The molecule has 2 rings (SSSR count). The van der Waals surface area contributed by atoms with E-state index in [2.05, 4.69) is 59.4 Å². The molecule has 0 fully saturated rings. The third kappa shape index (κ3) is 1.63. The molecule has 1 nitrogen and oxygen atoms in total. The molecule has 1 aromatic rings. The van der Waals surface area contributed by atoms with Crippen molar-refractivity contribution in [1.82, 2.24) is 0 Å². The maximum Gasteiger partial charge on any atom is 0.0564 e. The molecule has 1 aliphatic rings. The van der Waals surface area contributed by atoms with Crippen LogP contribution in [0.4, 0.5) is 5.69 Å². The molecule has 0 radical (unpaired) electrons. The summed E-state index contributed by atoms with van der Waals surface area (Å²) in [6, 6.07) is 6.22. The summed E-state index contributed by atoms with van der Waals surface area (Å²) in [5.74, 6) is 0. The van der Waals surface area contributed by atoms with Crippen molar-refractivity contribution in [2.24, 2.45) is 0 Å². The van der Waals surface area contributed by atoms with Gasteiger partial charge in [-0.2, -0.15) is 0 Å². The van der Waals surface area contributed by atoms with Crippen molar-refractivity contribution >= 4 is 27.7 Å². The first-order valence-electron chi connectivity index (χ1n) is 4.34. The predicted octanol–water partition coefficient (Wildman–Crippen LogP) is 3.67. The van der Waals surface area contributed by atoms with Gasteiger partial charge in [-0.05, 0) is 41.4 Å². The lowest BCUT2D eigenvalue weighted by Gasteiger charge is -2.29. The fourth-order valence-electron chi connectivity index (χ4n) is 1.47. The molecule has 0 unspecified atom stereocenters. The van der Waals surface area contributed by atoms with Gasteiger partial charge < -0.3 is 5.32 Å². The topological polar surface area (TPSA) is 12.0 Å². The highest BCUT2D eigenvalue weighted by atomic mass is 79.9. The Hall–Kier alpha value is -0.760. The molecule has 0 amide bonds. The van der Waals surface area contributed by atoms with Crippen LogP contribution in [0.1, 0.15) is 19.4 Å². The summed E-state index contributed by atoms with van der Waals surface area (Å²) >= 11 is 3.54. The molecule has 2 heteroatoms. The zero-order chi connectivity index (χ0) is 9.47. The van der Waals surface area contributed by atoms with Gasteiger partial charge in [0.15, 0.2) is 0 Å². The van der Waals surface area contributed by atoms with Gasteiger partial charge in [0.1, 0.15) is 0 Å². The van der Waals surface area contributed by atoms with E-state index in [-0.39, 0.29) is 5.54 Å². The number of halogens is 1. The lowest BCUT2D eigenvalue weighted by Crippen LogP contribution is -2.30. The van der Waals surface area contributed by atoms with Gasteiger partial charge in [0, 0.05) is 4.47 Å². The number of para-hydroxylation sites is 1. The van der Waals surface area contributed by atoms with Crippen LogP contribution >= 0.6 is 15.9 Å². The Kier molecular flexibility index (Phi) is 1.95. The van der Waals surface area contributed by atoms with Crippen molar-refractivity contribution in [2.45, 2.75) is 19.4 Å². The van der Waals surface area contributed by atoms with Crippen LogP contribution in [0, 0.1) is 0 Å². The zero-order valence-corrected chi connectivity index (χ0v) is 9.35. The summed E-state index contributed by atoms with van der Waals surface area (Å²) in [7, 11) is 0. The van der Waals surface area contributed by atoms with E-state index >= 15 is 0 Å². The summed E-state index contributed by atoms with van der Waals surface area (Å²) in [4.78, 5) is 0. The first kappa shape index (κ1) is 8.82. The molecule has 1 aliphatic heterocycles. The quantitative estimate of drug-likeness (QED) is 0.727. The van der Waals surface area contributed by atoms with E-state index in [0.717, 1.165) is 4.47 Å². The molecule has 0 saturated heterocycles. The summed E-state index contributed by atoms with van der Waals surface area (Å²) in [5.41, 5.74) is 2.49. The molecule has 0 atom stereocenters. The van der Waals surface area contributed by atoms with Crippen LogP contribution in [0.2, 0.25) is 0 Å². The minimum absolute atomic E-state index is 0.0525. The Morgan fingerprint density at radius 1 is 1.31 bits per heavy atom. The zero-order valence-electron chi connectivity index (χ0n) is 7.76. The minimum Gasteiger partial charge on any atom is -0.375 e. The molecular formula is C11H12BrN. The number of nitrogens with one attached hydrogen (secondary N) is 1. The highest BCUT2D eigenvalue weighted by Gasteiger charge is 2.20. The molecule has 1 N–H and O–H groups in total. The minimum atomic E-state index is 0.0525. The van der Waals surface area contributed by atoms with Crippen LogP contribution in [-0.2, 0) is 0 Å². The Morgan fingerprint density at radius 2 is 2.08 bits per heavy atom. The standard InChI is InChI=1S/C11H12BrN/c1-11(2)7-6-8-4-3-5-9(12)10(8)13-11/h3-7,13H,1-2H3. The van der Waals surface area contributed by atoms with Gasteiger partial charge in [0.25, 0.3) is 0 Å². The number of benzene rings is 1. The van der Waals surface area contributed by atoms with Crippen molar-refractivity contribution in [2.75, 3.05) is 5.32 Å². The third-order valence-electron chi connectivity index (χ3n) is 2.17. The van der Waals surface area contributed by atoms with Crippen LogP contribution in [0.3, 0.4) is 0 Å². The highest BCUT2D eigenvalue weighted by Crippen LogP contribution is 2.33. The maximum absolute atomic E-state index is 3.54. The molecule has 0 aliphatic carbocycles. The first-order chi connectivity index (χ1) is 6.08. The van der Waals surface area contributed by atoms with E-state index in [4.69, 9.17) is 0 Å². The molecular weight excluding hydrogens is 226 g/mol. The number of fused-ring (bicyclic) bond motifs is 1. The largest absolute Gasteiger partial charge is 0.375 e. The van der Waals surface area contributed by atoms with Gasteiger partial charge in [-0.15, -0.1) is 0 Å². The van der Waals surface area contributed by atoms with Gasteiger partial charge >= 0.3 is 0 Å². The molecule has 68 valence electrons. The second-order valence-electron chi connectivity index (χ2n) is 3.88. The Bertz CT molecular complexity index is 366. The fraction of sp³-hybridized carbons (Fsp3) is 0.273. The molecule has 1 aromatic carbocycles. The number of anilines is 1. The normalized spacial score (nSPS) is 17.8. The SMILES string of the molecule is CC1(C)C=Cc2cccc(Br)c2N1. The molecule has 13 heavy (non-hydrogen) atoms. The fourth-order valence-corrected chi connectivity index (χ4v) is 1.95. The molecule has 0 spiro atoms. The maximum atomic E-state index is 3.54. The van der Waals surface area contributed by atoms with Crippen LogP contribution < -0.4 is 5.32 Å². The predicted molar refractivity (Wildman–Crippen MR) is 60.9 cm³/mol. The molecule has 0 saturated carbocycles. The van der Waals surface area contributed by atoms with Gasteiger partial charge in [0.05, 0.1) is 11.2 Å². The summed E-state index contributed by atoms with van der Waals surface area (Å²) in [5, 5.41) is 3.47. The number of hydrogen-bond donors (Lipinski definition) is 1. The van der Waals surface area contributed by atoms with Gasteiger partial charge in [-0.3, -0.25) is 0 Å². The van der Waals surface area contributed by atoms with E-state index in [1.807, 2.05) is 6.07 Å². The lowest BCUT2D eigenvalue weighted by atomic mass is 9.97. The van der Waals surface area contributed by atoms with E-state index in [1.165, 1.54) is 11.3 Å². The van der Waals surface area contributed by atoms with Crippen molar-refractivity contribution in [3.05, 3.63) is 34.3 Å². The van der Waals surface area contributed by atoms with Crippen molar-refractivity contribution in [3.8, 4) is 0 Å². The summed E-state index contributed by atoms with van der Waals surface area (Å²) < 4.78 is 1.13. The average Bonchev–Trinajstić information content (AvgIpc) is 2.06. The Morgan fingerprint density at radius 3 is 2.85 bits per heavy atom. The summed E-state index contributed by atoms with van der Waals surface area (Å²) in [6.45, 7) is 4.32. The lowest BCUT2D eigenvalue weighted by molar-refractivity contribution is 0.710. The first-order valence-corrected chi connectivity index (χ1v) is 5.14. The smallest absolute Gasteiger partial charge is 0.0564 e. The van der Waals surface area contributed by atoms with Crippen LogP contribution in [0.25, 0.3) is 6.08 Å². The van der Waals surface area contributed by atoms with Crippen molar-refractivity contribution < 1.29 is 0 Å². The van der Waals surface area contributed by atoms with Gasteiger partial charge in [-0.25, -0.2) is 0 Å². The van der Waals surface area contributed by atoms with E-state index in [0.29, 0.717) is 0 Å². The Balaban J connectivity index is 2.54. The van der Waals surface area contributed by atoms with Crippen LogP contribution in [0.15, 0.2) is 28.7 Å². The molecule has 0 bridgehead atoms. The van der Waals surface area contributed by atoms with E-state index < -0.39 is 0 Å². The van der Waals surface area contributed by atoms with Crippen LogP contribution in [0.5, 0.6) is 0 Å². The second kappa shape index (κ2) is 2.88. The van der Waals surface area contributed by atoms with E-state index in [1.54, 1.807) is 0 Å². The monoisotopic (exact) mass is 237 g/mol. The van der Waals surface area contributed by atoms with Crippen molar-refractivity contribution in [1.29, 1.82) is 0 Å². The molecule has 0 aromatic heterocycles. The van der Waals surface area contributed by atoms with Crippen LogP contribution in [-0.4, -0.2) is 5.54 Å². The molecule has 1 heterocycles. The highest BCUT2D eigenvalue weighted by molar-refractivity contribution is 9.10. The average molecular weight is 238 g/mol. The third-order valence-corrected chi connectivity index (χ3v) is 2.83. The van der Waals surface area contributed by atoms with Gasteiger partial charge in [0.2, 0.25) is 0 Å². The Labute approximate surface area is 87.0 Å². The second-order valence-corrected chi connectivity index (χ2v) is 4.74. The summed E-state index contributed by atoms with van der Waals surface area (Å²) in [6.07, 6.45) is 4.35.